The van der Waals surface area contributed by atoms with Crippen LogP contribution in [-0.4, -0.2) is 17.5 Å². The predicted molar refractivity (Wildman–Crippen MR) is 11.6 cm³/mol. The van der Waals surface area contributed by atoms with Crippen molar-refractivity contribution in [2.45, 2.75) is 0 Å². The smallest absolute Gasteiger partial charge is 0.759 e. The molecular formula is HMoO4S-. The van der Waals surface area contributed by atoms with Crippen molar-refractivity contribution in [2.24, 2.45) is 0 Å². The monoisotopic (exact) mass is 195 g/mol. The Labute approximate surface area is 50.9 Å². The van der Waals surface area contributed by atoms with Crippen molar-refractivity contribution in [3.8, 4) is 0 Å². The Morgan fingerprint density at radius 3 is 1.33 bits per heavy atom. The number of hydrogen-bond donors (Lipinski definition) is 0. The molecule has 4 nitrogen and oxygen atoms in total. The third kappa shape index (κ3) is 185. The molecule has 0 saturated heterocycles. The number of hydrogen-bond acceptors (Lipinski definition) is 4. The third-order valence-electron chi connectivity index (χ3n) is 0. The fraction of sp³-hybridized carbons (Fsp3) is 0. The molecule has 0 fully saturated rings. The van der Waals surface area contributed by atoms with Gasteiger partial charge in [-0.2, -0.15) is 0 Å². The zero-order valence-electron chi connectivity index (χ0n) is 3.45. The van der Waals surface area contributed by atoms with E-state index in [1.165, 1.54) is 0 Å². The summed E-state index contributed by atoms with van der Waals surface area (Å²) in [6, 6.07) is 0. The first-order valence-electron chi connectivity index (χ1n) is 0.667. The van der Waals surface area contributed by atoms with Gasteiger partial charge in [0.05, 0.1) is 0 Å². The van der Waals surface area contributed by atoms with E-state index >= 15 is 0 Å². The van der Waals surface area contributed by atoms with Crippen LogP contribution in [0.4, 0.5) is 0 Å². The van der Waals surface area contributed by atoms with E-state index in [9.17, 15) is 0 Å². The minimum absolute atomic E-state index is 0. The molecule has 0 radical (unpaired) electrons. The molecule has 0 aromatic rings. The molecule has 6 heteroatoms. The van der Waals surface area contributed by atoms with Crippen LogP contribution in [0, 0.1) is 0 Å². The van der Waals surface area contributed by atoms with Gasteiger partial charge in [-0.3, -0.25) is 8.42 Å². The quantitative estimate of drug-likeness (QED) is 0.274. The third-order valence-corrected chi connectivity index (χ3v) is 0. The topological polar surface area (TPSA) is 80.3 Å². The molecule has 0 atom stereocenters. The van der Waals surface area contributed by atoms with Gasteiger partial charge in [0.25, 0.3) is 0 Å². The summed E-state index contributed by atoms with van der Waals surface area (Å²) in [7, 11) is -5.17. The van der Waals surface area contributed by atoms with Crippen LogP contribution >= 0.6 is 0 Å². The summed E-state index contributed by atoms with van der Waals surface area (Å²) in [6.07, 6.45) is 0. The maximum Gasteiger partial charge on any atom is 1.00 e. The fourth-order valence-electron chi connectivity index (χ4n) is 0. The first kappa shape index (κ1) is 9.75. The summed E-state index contributed by atoms with van der Waals surface area (Å²) in [5.74, 6) is 0. The molecule has 0 aliphatic rings. The van der Waals surface area contributed by atoms with Crippen LogP contribution in [0.2, 0.25) is 0 Å². The Morgan fingerprint density at radius 2 is 1.33 bits per heavy atom. The van der Waals surface area contributed by atoms with E-state index in [-0.39, 0.29) is 22.5 Å². The van der Waals surface area contributed by atoms with Gasteiger partial charge in [-0.15, -0.1) is 0 Å². The Hall–Kier alpha value is 0.558. The molecule has 0 bridgehead atoms. The Bertz CT molecular complexity index is 94.9. The number of rotatable bonds is 0. The minimum atomic E-state index is -5.17. The second kappa shape index (κ2) is 2.69. The van der Waals surface area contributed by atoms with Gasteiger partial charge in [0.2, 0.25) is 0 Å². The first-order valence-corrected chi connectivity index (χ1v) is 2.00. The molecular weight excluding hydrogens is 192 g/mol. The van der Waals surface area contributed by atoms with E-state index in [1.807, 2.05) is 0 Å². The first-order chi connectivity index (χ1) is 2.00. The maximum atomic E-state index is 8.52. The van der Waals surface area contributed by atoms with E-state index in [1.54, 1.807) is 0 Å². The van der Waals surface area contributed by atoms with E-state index in [0.29, 0.717) is 0 Å². The largest absolute Gasteiger partial charge is 1.00 e. The van der Waals surface area contributed by atoms with Crippen molar-refractivity contribution in [2.75, 3.05) is 0 Å². The van der Waals surface area contributed by atoms with Gasteiger partial charge in [0, 0.05) is 31.5 Å². The van der Waals surface area contributed by atoms with Gasteiger partial charge in [0.15, 0.2) is 0 Å². The molecule has 0 heterocycles. The van der Waals surface area contributed by atoms with Crippen LogP contribution < -0.4 is 0 Å². The zero-order valence-corrected chi connectivity index (χ0v) is 5.27. The molecule has 38 valence electrons. The van der Waals surface area contributed by atoms with Gasteiger partial charge in [-0.25, -0.2) is 0 Å². The van der Waals surface area contributed by atoms with Crippen LogP contribution in [0.1, 0.15) is 1.43 Å². The Morgan fingerprint density at radius 1 is 1.33 bits per heavy atom. The molecule has 0 spiro atoms. The normalized spacial score (nSPS) is 9.67. The average molecular weight is 193 g/mol. The molecule has 0 unspecified atom stereocenters. The second-order valence-corrected chi connectivity index (χ2v) is 1.22. The van der Waals surface area contributed by atoms with E-state index in [2.05, 4.69) is 0 Å². The molecule has 0 saturated carbocycles. The predicted octanol–water partition coefficient (Wildman–Crippen LogP) is -1.23. The van der Waals surface area contributed by atoms with Crippen molar-refractivity contribution >= 4 is 10.4 Å². The van der Waals surface area contributed by atoms with E-state index < -0.39 is 10.4 Å². The molecule has 0 aliphatic heterocycles. The van der Waals surface area contributed by atoms with Crippen LogP contribution in [0.15, 0.2) is 0 Å². The molecule has 0 amide bonds. The van der Waals surface area contributed by atoms with Gasteiger partial charge in [-0.1, -0.05) is 0 Å². The van der Waals surface area contributed by atoms with Gasteiger partial charge >= 0.3 is 1.43 Å². The van der Waals surface area contributed by atoms with Gasteiger partial charge in [0.1, 0.15) is 0 Å². The maximum absolute atomic E-state index is 8.52. The molecule has 0 rings (SSSR count). The SMILES string of the molecule is O=S(=O)([O-])[O-].[H+].[Mo]. The molecule has 0 aromatic heterocycles. The summed E-state index contributed by atoms with van der Waals surface area (Å²) in [6.45, 7) is 0. The summed E-state index contributed by atoms with van der Waals surface area (Å²) in [5, 5.41) is 0. The minimum Gasteiger partial charge on any atom is -0.759 e. The Kier molecular flexibility index (Phi) is 4.36. The van der Waals surface area contributed by atoms with E-state index in [0.717, 1.165) is 0 Å². The Balaban J connectivity index is -0.0000000800. The zero-order chi connectivity index (χ0) is 4.50. The molecule has 0 N–H and O–H groups in total. The summed E-state index contributed by atoms with van der Waals surface area (Å²) >= 11 is 0. The average Bonchev–Trinajstić information content (AvgIpc) is 0.722. The molecule has 0 aromatic carbocycles. The van der Waals surface area contributed by atoms with Crippen LogP contribution in [0.5, 0.6) is 0 Å². The molecule has 0 aliphatic carbocycles. The van der Waals surface area contributed by atoms with Gasteiger partial charge in [-0.05, 0) is 0 Å². The van der Waals surface area contributed by atoms with Crippen molar-refractivity contribution in [1.29, 1.82) is 0 Å². The van der Waals surface area contributed by atoms with Crippen LogP contribution in [0.25, 0.3) is 0 Å². The fourth-order valence-corrected chi connectivity index (χ4v) is 0. The molecule has 6 heavy (non-hydrogen) atoms. The van der Waals surface area contributed by atoms with Crippen LogP contribution in [-0.2, 0) is 31.5 Å². The van der Waals surface area contributed by atoms with Crippen molar-refractivity contribution in [3.05, 3.63) is 0 Å². The van der Waals surface area contributed by atoms with Crippen LogP contribution in [0.3, 0.4) is 0 Å². The summed E-state index contributed by atoms with van der Waals surface area (Å²) in [4.78, 5) is 0. The van der Waals surface area contributed by atoms with Crippen molar-refractivity contribution < 1.29 is 40.0 Å². The van der Waals surface area contributed by atoms with E-state index in [4.69, 9.17) is 17.5 Å². The van der Waals surface area contributed by atoms with Crippen molar-refractivity contribution in [3.63, 3.8) is 0 Å². The van der Waals surface area contributed by atoms with Gasteiger partial charge < -0.3 is 9.11 Å². The van der Waals surface area contributed by atoms with Crippen molar-refractivity contribution in [1.82, 2.24) is 0 Å². The standard InChI is InChI=1S/Mo.H2O4S/c;1-5(2,3)4/h;(H2,1,2,3,4)/p-1. The second-order valence-electron chi connectivity index (χ2n) is 0.408. The summed E-state index contributed by atoms with van der Waals surface area (Å²) < 4.78 is 34.1. The summed E-state index contributed by atoms with van der Waals surface area (Å²) in [5.41, 5.74) is 0.